The molecule has 1 N–H and O–H groups in total. The van der Waals surface area contributed by atoms with E-state index in [0.29, 0.717) is 22.6 Å². The molecule has 0 fully saturated rings. The molecule has 8 heteroatoms. The van der Waals surface area contributed by atoms with Crippen LogP contribution < -0.4 is 14.2 Å². The van der Waals surface area contributed by atoms with Gasteiger partial charge in [0.15, 0.2) is 17.3 Å². The van der Waals surface area contributed by atoms with Gasteiger partial charge in [-0.3, -0.25) is 4.79 Å². The highest BCUT2D eigenvalue weighted by atomic mass is 32.2. The molecule has 2 aliphatic rings. The molecule has 0 radical (unpaired) electrons. The molecule has 4 rings (SSSR count). The van der Waals surface area contributed by atoms with Gasteiger partial charge in [-0.1, -0.05) is 6.07 Å². The Morgan fingerprint density at radius 2 is 2.00 bits per heavy atom. The average Bonchev–Trinajstić information content (AvgIpc) is 3.19. The zero-order valence-electron chi connectivity index (χ0n) is 11.2. The molecule has 0 amide bonds. The lowest BCUT2D eigenvalue weighted by Gasteiger charge is -2.13. The first-order valence-electron chi connectivity index (χ1n) is 6.57. The summed E-state index contributed by atoms with van der Waals surface area (Å²) in [6, 6.07) is 5.93. The van der Waals surface area contributed by atoms with Crippen LogP contribution in [-0.2, 0) is 10.0 Å². The number of rotatable bonds is 3. The number of ether oxygens (including phenoxy) is 2. The van der Waals surface area contributed by atoms with Crippen LogP contribution in [0.15, 0.2) is 33.9 Å². The molecule has 0 bridgehead atoms. The number of fused-ring (bicyclic) bond motifs is 2. The Balaban J connectivity index is 1.71. The number of nitrogens with one attached hydrogen (secondary N) is 1. The maximum absolute atomic E-state index is 12.3. The predicted molar refractivity (Wildman–Crippen MR) is 78.9 cm³/mol. The van der Waals surface area contributed by atoms with Crippen molar-refractivity contribution in [2.75, 3.05) is 6.79 Å². The van der Waals surface area contributed by atoms with Gasteiger partial charge in [0, 0.05) is 12.0 Å². The number of sulfonamides is 1. The van der Waals surface area contributed by atoms with Gasteiger partial charge in [-0.15, -0.1) is 11.3 Å². The standard InChI is InChI=1S/C14H11NO5S2/c16-11-6-10(15-22(17,18)14-2-1-3-21-14)8-4-12-13(5-9(8)11)20-7-19-12/h1-5,10,15H,6-7H2. The van der Waals surface area contributed by atoms with Crippen molar-refractivity contribution < 1.29 is 22.7 Å². The summed E-state index contributed by atoms with van der Waals surface area (Å²) in [6.07, 6.45) is 0.100. The molecule has 114 valence electrons. The zero-order chi connectivity index (χ0) is 15.3. The SMILES string of the molecule is O=C1CC(NS(=O)(=O)c2cccs2)c2cc3c(cc21)OCO3. The number of carbonyl (C=O) groups is 1. The van der Waals surface area contributed by atoms with Gasteiger partial charge < -0.3 is 9.47 Å². The maximum atomic E-state index is 12.3. The van der Waals surface area contributed by atoms with Crippen molar-refractivity contribution >= 4 is 27.1 Å². The fourth-order valence-corrected chi connectivity index (χ4v) is 4.88. The van der Waals surface area contributed by atoms with E-state index in [4.69, 9.17) is 9.47 Å². The van der Waals surface area contributed by atoms with Gasteiger partial charge in [0.2, 0.25) is 6.79 Å². The molecule has 1 aliphatic heterocycles. The monoisotopic (exact) mass is 337 g/mol. The van der Waals surface area contributed by atoms with Crippen molar-refractivity contribution in [3.63, 3.8) is 0 Å². The van der Waals surface area contributed by atoms with E-state index in [1.165, 1.54) is 6.07 Å². The van der Waals surface area contributed by atoms with Crippen LogP contribution in [0.1, 0.15) is 28.4 Å². The van der Waals surface area contributed by atoms with Crippen LogP contribution in [0.3, 0.4) is 0 Å². The minimum absolute atomic E-state index is 0.100. The molecule has 6 nitrogen and oxygen atoms in total. The highest BCUT2D eigenvalue weighted by molar-refractivity contribution is 7.91. The lowest BCUT2D eigenvalue weighted by Crippen LogP contribution is -2.27. The van der Waals surface area contributed by atoms with Crippen molar-refractivity contribution in [3.05, 3.63) is 40.8 Å². The highest BCUT2D eigenvalue weighted by Gasteiger charge is 2.35. The maximum Gasteiger partial charge on any atom is 0.250 e. The van der Waals surface area contributed by atoms with E-state index in [1.807, 2.05) is 0 Å². The number of hydrogen-bond acceptors (Lipinski definition) is 6. The van der Waals surface area contributed by atoms with Crippen LogP contribution in [0.5, 0.6) is 11.5 Å². The molecule has 1 aromatic heterocycles. The molecule has 1 atom stereocenters. The molecule has 22 heavy (non-hydrogen) atoms. The molecule has 0 saturated carbocycles. The smallest absolute Gasteiger partial charge is 0.250 e. The van der Waals surface area contributed by atoms with E-state index in [2.05, 4.69) is 4.72 Å². The van der Waals surface area contributed by atoms with Gasteiger partial charge >= 0.3 is 0 Å². The Hall–Kier alpha value is -1.90. The fourth-order valence-electron chi connectivity index (χ4n) is 2.66. The van der Waals surface area contributed by atoms with E-state index >= 15 is 0 Å². The molecule has 0 spiro atoms. The van der Waals surface area contributed by atoms with Crippen molar-refractivity contribution in [1.82, 2.24) is 4.72 Å². The van der Waals surface area contributed by atoms with Crippen LogP contribution in [-0.4, -0.2) is 21.0 Å². The molecule has 2 aromatic rings. The summed E-state index contributed by atoms with van der Waals surface area (Å²) in [5.74, 6) is 0.954. The third-order valence-electron chi connectivity index (χ3n) is 3.67. The lowest BCUT2D eigenvalue weighted by atomic mass is 10.1. The van der Waals surface area contributed by atoms with E-state index < -0.39 is 16.1 Å². The van der Waals surface area contributed by atoms with Crippen LogP contribution in [0, 0.1) is 0 Å². The second kappa shape index (κ2) is 4.80. The van der Waals surface area contributed by atoms with Gasteiger partial charge in [-0.05, 0) is 29.1 Å². The van der Waals surface area contributed by atoms with Gasteiger partial charge in [0.25, 0.3) is 10.0 Å². The average molecular weight is 337 g/mol. The minimum atomic E-state index is -3.64. The highest BCUT2D eigenvalue weighted by Crippen LogP contribution is 2.42. The number of ketones is 1. The fraction of sp³-hybridized carbons (Fsp3) is 0.214. The molecule has 0 saturated heterocycles. The summed E-state index contributed by atoms with van der Waals surface area (Å²) in [5.41, 5.74) is 1.12. The summed E-state index contributed by atoms with van der Waals surface area (Å²) < 4.78 is 38.1. The van der Waals surface area contributed by atoms with E-state index in [9.17, 15) is 13.2 Å². The van der Waals surface area contributed by atoms with Crippen LogP contribution in [0.4, 0.5) is 0 Å². The summed E-state index contributed by atoms with van der Waals surface area (Å²) in [5, 5.41) is 1.69. The molecule has 1 aromatic carbocycles. The molecular formula is C14H11NO5S2. The first kappa shape index (κ1) is 13.7. The molecule has 2 heterocycles. The molecule has 1 aliphatic carbocycles. The number of benzene rings is 1. The Bertz CT molecular complexity index is 858. The lowest BCUT2D eigenvalue weighted by molar-refractivity contribution is 0.0987. The summed E-state index contributed by atoms with van der Waals surface area (Å²) in [4.78, 5) is 12.1. The Morgan fingerprint density at radius 1 is 1.23 bits per heavy atom. The Labute approximate surface area is 130 Å². The number of Topliss-reactive ketones (excluding diaryl/α,β-unsaturated/α-hetero) is 1. The Morgan fingerprint density at radius 3 is 2.73 bits per heavy atom. The van der Waals surface area contributed by atoms with E-state index in [-0.39, 0.29) is 23.2 Å². The second-order valence-electron chi connectivity index (χ2n) is 5.03. The van der Waals surface area contributed by atoms with Gasteiger partial charge in [0.1, 0.15) is 4.21 Å². The van der Waals surface area contributed by atoms with Crippen LogP contribution in [0.2, 0.25) is 0 Å². The number of hydrogen-bond donors (Lipinski definition) is 1. The van der Waals surface area contributed by atoms with Crippen LogP contribution >= 0.6 is 11.3 Å². The first-order valence-corrected chi connectivity index (χ1v) is 8.93. The summed E-state index contributed by atoms with van der Waals surface area (Å²) >= 11 is 1.14. The van der Waals surface area contributed by atoms with Crippen LogP contribution in [0.25, 0.3) is 0 Å². The number of carbonyl (C=O) groups excluding carboxylic acids is 1. The van der Waals surface area contributed by atoms with Crippen molar-refractivity contribution in [3.8, 4) is 11.5 Å². The van der Waals surface area contributed by atoms with Gasteiger partial charge in [-0.2, -0.15) is 0 Å². The van der Waals surface area contributed by atoms with Crippen molar-refractivity contribution in [1.29, 1.82) is 0 Å². The largest absolute Gasteiger partial charge is 0.454 e. The third-order valence-corrected chi connectivity index (χ3v) is 6.54. The summed E-state index contributed by atoms with van der Waals surface area (Å²) in [6.45, 7) is 0.109. The van der Waals surface area contributed by atoms with Gasteiger partial charge in [-0.25, -0.2) is 13.1 Å². The second-order valence-corrected chi connectivity index (χ2v) is 7.91. The molecule has 1 unspecified atom stereocenters. The third kappa shape index (κ3) is 2.11. The zero-order valence-corrected chi connectivity index (χ0v) is 12.9. The topological polar surface area (TPSA) is 81.7 Å². The first-order chi connectivity index (χ1) is 10.5. The quantitative estimate of drug-likeness (QED) is 0.927. The minimum Gasteiger partial charge on any atom is -0.454 e. The summed E-state index contributed by atoms with van der Waals surface area (Å²) in [7, 11) is -3.64. The molecular weight excluding hydrogens is 326 g/mol. The number of thiophene rings is 1. The van der Waals surface area contributed by atoms with E-state index in [1.54, 1.807) is 23.6 Å². The Kier molecular flexibility index (Phi) is 3.00. The van der Waals surface area contributed by atoms with E-state index in [0.717, 1.165) is 11.3 Å². The van der Waals surface area contributed by atoms with Crippen molar-refractivity contribution in [2.45, 2.75) is 16.7 Å². The predicted octanol–water partition coefficient (Wildman–Crippen LogP) is 2.08. The van der Waals surface area contributed by atoms with Gasteiger partial charge in [0.05, 0.1) is 6.04 Å². The van der Waals surface area contributed by atoms with Crippen molar-refractivity contribution in [2.24, 2.45) is 0 Å². The normalized spacial score (nSPS) is 19.5.